The van der Waals surface area contributed by atoms with Crippen molar-refractivity contribution in [1.82, 2.24) is 4.98 Å². The van der Waals surface area contributed by atoms with Gasteiger partial charge in [-0.3, -0.25) is 9.59 Å². The molecule has 1 N–H and O–H groups in total. The Balaban J connectivity index is 2.47. The van der Waals surface area contributed by atoms with Gasteiger partial charge in [0.2, 0.25) is 5.56 Å². The molecule has 1 heterocycles. The molecule has 1 aromatic carbocycles. The third-order valence-corrected chi connectivity index (χ3v) is 4.58. The number of sulfone groups is 1. The van der Waals surface area contributed by atoms with Crippen molar-refractivity contribution in [2.24, 2.45) is 0 Å². The largest absolute Gasteiger partial charge is 0.465 e. The zero-order chi connectivity index (χ0) is 15.6. The molecule has 0 spiro atoms. The van der Waals surface area contributed by atoms with Crippen LogP contribution < -0.4 is 5.56 Å². The Morgan fingerprint density at radius 2 is 2.00 bits per heavy atom. The molecule has 0 amide bonds. The summed E-state index contributed by atoms with van der Waals surface area (Å²) in [5, 5.41) is 0.625. The lowest BCUT2D eigenvalue weighted by Gasteiger charge is -2.07. The molecule has 21 heavy (non-hydrogen) atoms. The predicted molar refractivity (Wildman–Crippen MR) is 78.0 cm³/mol. The lowest BCUT2D eigenvalue weighted by molar-refractivity contribution is -0.139. The van der Waals surface area contributed by atoms with Crippen LogP contribution >= 0.6 is 0 Å². The number of carbonyl (C=O) groups is 1. The van der Waals surface area contributed by atoms with Crippen molar-refractivity contribution in [3.8, 4) is 0 Å². The van der Waals surface area contributed by atoms with Crippen LogP contribution in [0.1, 0.15) is 12.5 Å². The first-order chi connectivity index (χ1) is 9.83. The number of carbonyl (C=O) groups excluding carboxylic acids is 1. The van der Waals surface area contributed by atoms with E-state index < -0.39 is 21.6 Å². The maximum atomic E-state index is 12.2. The van der Waals surface area contributed by atoms with Crippen LogP contribution in [0.15, 0.2) is 34.0 Å². The number of fused-ring (bicyclic) bond motifs is 1. The van der Waals surface area contributed by atoms with Gasteiger partial charge in [0.15, 0.2) is 15.6 Å². The van der Waals surface area contributed by atoms with E-state index in [-0.39, 0.29) is 17.1 Å². The lowest BCUT2D eigenvalue weighted by Crippen LogP contribution is -2.18. The van der Waals surface area contributed by atoms with Crippen molar-refractivity contribution in [1.29, 1.82) is 0 Å². The third kappa shape index (κ3) is 3.30. The first-order valence-electron chi connectivity index (χ1n) is 6.35. The average Bonchev–Trinajstić information content (AvgIpc) is 2.37. The van der Waals surface area contributed by atoms with E-state index in [1.807, 2.05) is 0 Å². The molecule has 1 aromatic heterocycles. The number of hydrogen-bond acceptors (Lipinski definition) is 5. The van der Waals surface area contributed by atoms with Gasteiger partial charge >= 0.3 is 5.97 Å². The van der Waals surface area contributed by atoms with Gasteiger partial charge in [-0.15, -0.1) is 0 Å². The molecule has 112 valence electrons. The van der Waals surface area contributed by atoms with Crippen molar-refractivity contribution in [2.75, 3.05) is 12.4 Å². The van der Waals surface area contributed by atoms with E-state index in [0.29, 0.717) is 16.5 Å². The van der Waals surface area contributed by atoms with Gasteiger partial charge in [-0.2, -0.15) is 0 Å². The smallest absolute Gasteiger partial charge is 0.321 e. The Labute approximate surface area is 121 Å². The van der Waals surface area contributed by atoms with E-state index in [9.17, 15) is 18.0 Å². The second-order valence-corrected chi connectivity index (χ2v) is 6.58. The van der Waals surface area contributed by atoms with Crippen LogP contribution in [0.5, 0.6) is 0 Å². The molecule has 2 aromatic rings. The molecule has 2 rings (SSSR count). The molecule has 0 atom stereocenters. The highest BCUT2D eigenvalue weighted by atomic mass is 32.2. The third-order valence-electron chi connectivity index (χ3n) is 2.99. The number of H-pyrrole nitrogens is 1. The standard InChI is InChI=1S/C14H15NO5S/c1-3-20-14(17)8-21(18,19)10-4-5-12-11(7-10)9(2)6-13(16)15-12/h4-7H,3,8H2,1-2H3,(H,15,16). The SMILES string of the molecule is CCOC(=O)CS(=O)(=O)c1ccc2[nH]c(=O)cc(C)c2c1. The van der Waals surface area contributed by atoms with Crippen LogP contribution in [-0.4, -0.2) is 31.7 Å². The summed E-state index contributed by atoms with van der Waals surface area (Å²) >= 11 is 0. The summed E-state index contributed by atoms with van der Waals surface area (Å²) in [5.74, 6) is -1.48. The first-order valence-corrected chi connectivity index (χ1v) is 8.01. The minimum Gasteiger partial charge on any atom is -0.465 e. The van der Waals surface area contributed by atoms with Gasteiger partial charge in [-0.1, -0.05) is 0 Å². The van der Waals surface area contributed by atoms with Crippen molar-refractivity contribution in [3.63, 3.8) is 0 Å². The summed E-state index contributed by atoms with van der Waals surface area (Å²) in [6, 6.07) is 5.73. The van der Waals surface area contributed by atoms with E-state index in [4.69, 9.17) is 0 Å². The maximum Gasteiger partial charge on any atom is 0.321 e. The van der Waals surface area contributed by atoms with E-state index in [0.717, 1.165) is 0 Å². The van der Waals surface area contributed by atoms with Crippen LogP contribution in [-0.2, 0) is 19.4 Å². The molecule has 0 radical (unpaired) electrons. The molecule has 0 bridgehead atoms. The van der Waals surface area contributed by atoms with E-state index >= 15 is 0 Å². The maximum absolute atomic E-state index is 12.2. The second kappa shape index (κ2) is 5.69. The summed E-state index contributed by atoms with van der Waals surface area (Å²) in [5.41, 5.74) is 0.971. The zero-order valence-corrected chi connectivity index (χ0v) is 12.5. The van der Waals surface area contributed by atoms with Gasteiger partial charge < -0.3 is 9.72 Å². The molecule has 6 nitrogen and oxygen atoms in total. The van der Waals surface area contributed by atoms with Gasteiger partial charge in [0.1, 0.15) is 0 Å². The van der Waals surface area contributed by atoms with Crippen molar-refractivity contribution >= 4 is 26.7 Å². The number of benzene rings is 1. The zero-order valence-electron chi connectivity index (χ0n) is 11.7. The average molecular weight is 309 g/mol. The number of ether oxygens (including phenoxy) is 1. The summed E-state index contributed by atoms with van der Waals surface area (Å²) in [6.45, 7) is 3.46. The number of esters is 1. The molecule has 0 fully saturated rings. The van der Waals surface area contributed by atoms with Crippen molar-refractivity contribution in [2.45, 2.75) is 18.7 Å². The molecule has 0 aliphatic carbocycles. The molecular weight excluding hydrogens is 294 g/mol. The highest BCUT2D eigenvalue weighted by molar-refractivity contribution is 7.92. The fraction of sp³-hybridized carbons (Fsp3) is 0.286. The normalized spacial score (nSPS) is 11.5. The van der Waals surface area contributed by atoms with Crippen LogP contribution in [0.2, 0.25) is 0 Å². The molecule has 0 unspecified atom stereocenters. The topological polar surface area (TPSA) is 93.3 Å². The highest BCUT2D eigenvalue weighted by Crippen LogP contribution is 2.20. The second-order valence-electron chi connectivity index (χ2n) is 4.59. The van der Waals surface area contributed by atoms with Crippen molar-refractivity contribution < 1.29 is 17.9 Å². The minimum atomic E-state index is -3.77. The van der Waals surface area contributed by atoms with E-state index in [1.54, 1.807) is 13.8 Å². The fourth-order valence-corrected chi connectivity index (χ4v) is 3.17. The summed E-state index contributed by atoms with van der Waals surface area (Å²) in [6.07, 6.45) is 0. The highest BCUT2D eigenvalue weighted by Gasteiger charge is 2.20. The number of rotatable bonds is 4. The van der Waals surface area contributed by atoms with E-state index in [1.165, 1.54) is 24.3 Å². The predicted octanol–water partition coefficient (Wildman–Crippen LogP) is 1.17. The number of pyridine rings is 1. The Morgan fingerprint density at radius 3 is 2.67 bits per heavy atom. The van der Waals surface area contributed by atoms with Crippen LogP contribution in [0.4, 0.5) is 0 Å². The molecule has 0 saturated carbocycles. The molecule has 0 aliphatic rings. The monoisotopic (exact) mass is 309 g/mol. The van der Waals surface area contributed by atoms with Gasteiger partial charge in [0.05, 0.1) is 11.5 Å². The van der Waals surface area contributed by atoms with Crippen molar-refractivity contribution in [3.05, 3.63) is 40.2 Å². The summed E-state index contributed by atoms with van der Waals surface area (Å²) < 4.78 is 29.0. The van der Waals surface area contributed by atoms with Gasteiger partial charge in [-0.25, -0.2) is 8.42 Å². The Kier molecular flexibility index (Phi) is 4.13. The summed E-state index contributed by atoms with van der Waals surface area (Å²) in [7, 11) is -3.77. The van der Waals surface area contributed by atoms with Crippen LogP contribution in [0.25, 0.3) is 10.9 Å². The number of aromatic amines is 1. The summed E-state index contributed by atoms with van der Waals surface area (Å²) in [4.78, 5) is 25.4. The van der Waals surface area contributed by atoms with Gasteiger partial charge in [0.25, 0.3) is 0 Å². The fourth-order valence-electron chi connectivity index (χ4n) is 2.04. The lowest BCUT2D eigenvalue weighted by atomic mass is 10.1. The Hall–Kier alpha value is -2.15. The number of nitrogens with one attached hydrogen (secondary N) is 1. The number of aryl methyl sites for hydroxylation is 1. The molecule has 0 saturated heterocycles. The number of aromatic nitrogens is 1. The minimum absolute atomic E-state index is 0.0261. The Morgan fingerprint density at radius 1 is 1.29 bits per heavy atom. The molecule has 7 heteroatoms. The number of hydrogen-bond donors (Lipinski definition) is 1. The first kappa shape index (κ1) is 15.2. The van der Waals surface area contributed by atoms with Crippen LogP contribution in [0.3, 0.4) is 0 Å². The van der Waals surface area contributed by atoms with E-state index in [2.05, 4.69) is 9.72 Å². The van der Waals surface area contributed by atoms with Crippen LogP contribution in [0, 0.1) is 6.92 Å². The quantitative estimate of drug-likeness (QED) is 0.856. The van der Waals surface area contributed by atoms with Gasteiger partial charge in [0, 0.05) is 17.0 Å². The Bertz CT molecular complexity index is 851. The molecule has 0 aliphatic heterocycles. The van der Waals surface area contributed by atoms with Gasteiger partial charge in [-0.05, 0) is 37.6 Å². The molecular formula is C14H15NO5S.